The molecule has 0 aromatic heterocycles. The highest BCUT2D eigenvalue weighted by atomic mass is 16.3. The number of carbonyl (C=O) groups is 1. The second-order valence-corrected chi connectivity index (χ2v) is 14.8. The van der Waals surface area contributed by atoms with E-state index in [1.165, 1.54) is 44.1 Å². The molecule has 0 bridgehead atoms. The highest BCUT2D eigenvalue weighted by molar-refractivity contribution is 5.83. The van der Waals surface area contributed by atoms with Crippen molar-refractivity contribution in [2.45, 2.75) is 112 Å². The quantitative estimate of drug-likeness (QED) is 0.439. The highest BCUT2D eigenvalue weighted by Gasteiger charge is 2.71. The normalized spacial score (nSPS) is 53.6. The van der Waals surface area contributed by atoms with Crippen LogP contribution in [0.25, 0.3) is 0 Å². The Bertz CT molecular complexity index is 879. The van der Waals surface area contributed by atoms with Crippen molar-refractivity contribution in [3.63, 3.8) is 0 Å². The van der Waals surface area contributed by atoms with Crippen LogP contribution in [0.5, 0.6) is 0 Å². The van der Waals surface area contributed by atoms with Crippen LogP contribution in [-0.2, 0) is 4.79 Å². The summed E-state index contributed by atoms with van der Waals surface area (Å²) in [6, 6.07) is 0. The Labute approximate surface area is 208 Å². The van der Waals surface area contributed by atoms with Crippen LogP contribution < -0.4 is 5.32 Å². The fraction of sp³-hybridized carbons (Fsp3) is 0.903. The van der Waals surface area contributed by atoms with Gasteiger partial charge in [-0.3, -0.25) is 4.79 Å². The zero-order chi connectivity index (χ0) is 24.9. The Morgan fingerprint density at radius 1 is 0.853 bits per heavy atom. The molecule has 4 unspecified atom stereocenters. The molecule has 0 aliphatic heterocycles. The van der Waals surface area contributed by atoms with Gasteiger partial charge >= 0.3 is 0 Å². The number of hydrogen-bond acceptors (Lipinski definition) is 2. The summed E-state index contributed by atoms with van der Waals surface area (Å²) in [4.78, 5) is 13.5. The first-order valence-corrected chi connectivity index (χ1v) is 14.4. The van der Waals surface area contributed by atoms with Crippen molar-refractivity contribution in [1.29, 1.82) is 0 Å². The van der Waals surface area contributed by atoms with Gasteiger partial charge in [-0.05, 0) is 122 Å². The number of fused-ring (bicyclic) bond motifs is 7. The van der Waals surface area contributed by atoms with E-state index in [1.54, 1.807) is 0 Å². The summed E-state index contributed by atoms with van der Waals surface area (Å²) in [7, 11) is 1.84. The van der Waals surface area contributed by atoms with E-state index in [0.717, 1.165) is 25.7 Å². The number of rotatable bonds is 2. The van der Waals surface area contributed by atoms with Crippen LogP contribution in [0.1, 0.15) is 106 Å². The minimum absolute atomic E-state index is 0.00349. The van der Waals surface area contributed by atoms with Crippen LogP contribution >= 0.6 is 0 Å². The maximum atomic E-state index is 13.5. The Morgan fingerprint density at radius 2 is 1.56 bits per heavy atom. The van der Waals surface area contributed by atoms with Gasteiger partial charge in [0.05, 0.1) is 11.5 Å². The summed E-state index contributed by atoms with van der Waals surface area (Å²) < 4.78 is 0. The molecule has 5 fully saturated rings. The predicted molar refractivity (Wildman–Crippen MR) is 139 cm³/mol. The van der Waals surface area contributed by atoms with Gasteiger partial charge in [-0.2, -0.15) is 0 Å². The average Bonchev–Trinajstić information content (AvgIpc) is 3.18. The van der Waals surface area contributed by atoms with E-state index < -0.39 is 0 Å². The van der Waals surface area contributed by atoms with Crippen molar-refractivity contribution < 1.29 is 9.90 Å². The molecule has 5 aliphatic carbocycles. The minimum atomic E-state index is -0.191. The molecule has 3 heteroatoms. The number of aliphatic hydroxyl groups excluding tert-OH is 1. The summed E-state index contributed by atoms with van der Waals surface area (Å²) in [5.74, 6) is 3.14. The molecule has 0 aromatic rings. The van der Waals surface area contributed by atoms with E-state index in [4.69, 9.17) is 0 Å². The predicted octanol–water partition coefficient (Wildman–Crippen LogP) is 6.75. The fourth-order valence-corrected chi connectivity index (χ4v) is 11.8. The largest absolute Gasteiger partial charge is 0.393 e. The van der Waals surface area contributed by atoms with E-state index in [9.17, 15) is 9.90 Å². The molecule has 5 rings (SSSR count). The second-order valence-electron chi connectivity index (χ2n) is 14.8. The van der Waals surface area contributed by atoms with Gasteiger partial charge in [0.25, 0.3) is 0 Å². The lowest BCUT2D eigenvalue weighted by molar-refractivity contribution is -0.246. The molecule has 5 aliphatic rings. The smallest absolute Gasteiger partial charge is 0.226 e. The van der Waals surface area contributed by atoms with Crippen molar-refractivity contribution in [3.05, 3.63) is 12.2 Å². The molecule has 2 N–H and O–H groups in total. The Kier molecular flexibility index (Phi) is 5.55. The number of allylic oxidation sites excluding steroid dienone is 1. The van der Waals surface area contributed by atoms with Crippen molar-refractivity contribution >= 4 is 5.91 Å². The van der Waals surface area contributed by atoms with Crippen molar-refractivity contribution in [3.8, 4) is 0 Å². The average molecular weight is 470 g/mol. The molecule has 1 amide bonds. The molecule has 3 nitrogen and oxygen atoms in total. The van der Waals surface area contributed by atoms with Gasteiger partial charge in [0.1, 0.15) is 0 Å². The molecular weight excluding hydrogens is 418 g/mol. The zero-order valence-electron chi connectivity index (χ0n) is 23.1. The zero-order valence-corrected chi connectivity index (χ0v) is 23.1. The first kappa shape index (κ1) is 24.8. The van der Waals surface area contributed by atoms with Crippen molar-refractivity contribution in [2.75, 3.05) is 7.05 Å². The van der Waals surface area contributed by atoms with Crippen LogP contribution in [0.3, 0.4) is 0 Å². The minimum Gasteiger partial charge on any atom is -0.393 e. The first-order valence-electron chi connectivity index (χ1n) is 14.4. The summed E-state index contributed by atoms with van der Waals surface area (Å²) in [6.45, 7) is 19.2. The topological polar surface area (TPSA) is 49.3 Å². The van der Waals surface area contributed by atoms with Crippen LogP contribution in [0.4, 0.5) is 0 Å². The van der Waals surface area contributed by atoms with E-state index in [1.807, 2.05) is 7.05 Å². The molecule has 0 radical (unpaired) electrons. The van der Waals surface area contributed by atoms with Gasteiger partial charge in [0.15, 0.2) is 0 Å². The van der Waals surface area contributed by atoms with E-state index in [-0.39, 0.29) is 22.3 Å². The van der Waals surface area contributed by atoms with Crippen LogP contribution in [0.2, 0.25) is 0 Å². The van der Waals surface area contributed by atoms with Crippen molar-refractivity contribution in [1.82, 2.24) is 5.32 Å². The maximum Gasteiger partial charge on any atom is 0.226 e. The second kappa shape index (κ2) is 7.59. The number of aliphatic hydroxyl groups is 1. The number of hydrogen-bond donors (Lipinski definition) is 2. The highest BCUT2D eigenvalue weighted by Crippen LogP contribution is 2.77. The Morgan fingerprint density at radius 3 is 2.21 bits per heavy atom. The van der Waals surface area contributed by atoms with E-state index in [0.29, 0.717) is 46.3 Å². The summed E-state index contributed by atoms with van der Waals surface area (Å²) >= 11 is 0. The fourth-order valence-electron chi connectivity index (χ4n) is 11.8. The SMILES string of the molecule is C=C(C)[C@@H]1CC[C@]2(C(=O)NC)CC[C@]3(C)C(CCC4[C@@]5(C)CC[C@H](O)C(C)(C)C5CC[C@]43C)C12. The lowest BCUT2D eigenvalue weighted by Crippen LogP contribution is -2.67. The van der Waals surface area contributed by atoms with Gasteiger partial charge in [0.2, 0.25) is 5.91 Å². The first-order chi connectivity index (χ1) is 15.8. The molecular formula is C31H51NO2. The molecule has 10 atom stereocenters. The molecule has 34 heavy (non-hydrogen) atoms. The van der Waals surface area contributed by atoms with Gasteiger partial charge in [-0.1, -0.05) is 46.8 Å². The number of amides is 1. The van der Waals surface area contributed by atoms with E-state index in [2.05, 4.69) is 53.4 Å². The van der Waals surface area contributed by atoms with Gasteiger partial charge in [0, 0.05) is 7.05 Å². The standard InChI is InChI=1S/C31H51NO2/c1-19(2)20-11-16-31(26(34)32-8)18-17-29(6)21(25(20)31)9-10-23-28(5)14-13-24(33)27(3,4)22(28)12-15-30(23,29)7/h20-25,33H,1,9-18H2,2-8H3,(H,32,34)/t20-,21?,22?,23?,24-,25?,28-,29+,30+,31-/m0/s1. The van der Waals surface area contributed by atoms with E-state index >= 15 is 0 Å². The lowest BCUT2D eigenvalue weighted by Gasteiger charge is -2.72. The van der Waals surface area contributed by atoms with Crippen LogP contribution in [0, 0.1) is 56.7 Å². The maximum absolute atomic E-state index is 13.5. The number of carbonyl (C=O) groups excluding carboxylic acids is 1. The lowest BCUT2D eigenvalue weighted by atomic mass is 9.32. The molecule has 5 saturated carbocycles. The third-order valence-electron chi connectivity index (χ3n) is 13.7. The molecule has 0 saturated heterocycles. The third kappa shape index (κ3) is 2.83. The monoisotopic (exact) mass is 469 g/mol. The van der Waals surface area contributed by atoms with Gasteiger partial charge in [-0.15, -0.1) is 0 Å². The summed E-state index contributed by atoms with van der Waals surface area (Å²) in [6.07, 6.45) is 11.4. The third-order valence-corrected chi connectivity index (χ3v) is 13.7. The Hall–Kier alpha value is -0.830. The molecule has 0 heterocycles. The molecule has 0 spiro atoms. The van der Waals surface area contributed by atoms with Crippen molar-refractivity contribution in [2.24, 2.45) is 56.7 Å². The molecule has 0 aromatic carbocycles. The summed E-state index contributed by atoms with van der Waals surface area (Å²) in [5.41, 5.74) is 1.99. The van der Waals surface area contributed by atoms with Gasteiger partial charge in [-0.25, -0.2) is 0 Å². The summed E-state index contributed by atoms with van der Waals surface area (Å²) in [5, 5.41) is 14.0. The molecule has 192 valence electrons. The van der Waals surface area contributed by atoms with Gasteiger partial charge < -0.3 is 10.4 Å². The van der Waals surface area contributed by atoms with Crippen LogP contribution in [0.15, 0.2) is 12.2 Å². The Balaban J connectivity index is 1.56. The number of nitrogens with one attached hydrogen (secondary N) is 1. The van der Waals surface area contributed by atoms with Crippen LogP contribution in [-0.4, -0.2) is 24.2 Å².